The molecule has 1 unspecified atom stereocenters. The van der Waals surface area contributed by atoms with Crippen molar-refractivity contribution in [3.8, 4) is 0 Å². The lowest BCUT2D eigenvalue weighted by atomic mass is 10.2. The van der Waals surface area contributed by atoms with Crippen LogP contribution in [0, 0.1) is 0 Å². The number of hydrogen-bond acceptors (Lipinski definition) is 6. The Labute approximate surface area is 113 Å². The van der Waals surface area contributed by atoms with Gasteiger partial charge in [-0.05, 0) is 6.54 Å². The van der Waals surface area contributed by atoms with E-state index in [1.165, 1.54) is 11.5 Å². The van der Waals surface area contributed by atoms with Gasteiger partial charge in [-0.25, -0.2) is 4.98 Å². The maximum Gasteiger partial charge on any atom is 0.202 e. The first-order valence-electron chi connectivity index (χ1n) is 6.60. The monoisotopic (exact) mass is 270 g/mol. The summed E-state index contributed by atoms with van der Waals surface area (Å²) in [5.41, 5.74) is 0. The van der Waals surface area contributed by atoms with Gasteiger partial charge >= 0.3 is 0 Å². The third kappa shape index (κ3) is 3.63. The first kappa shape index (κ1) is 13.7. The van der Waals surface area contributed by atoms with Crippen molar-refractivity contribution in [3.05, 3.63) is 5.82 Å². The van der Waals surface area contributed by atoms with Crippen molar-refractivity contribution in [2.45, 2.75) is 32.8 Å². The van der Waals surface area contributed by atoms with E-state index in [4.69, 9.17) is 4.74 Å². The normalized spacial score (nSPS) is 21.4. The lowest BCUT2D eigenvalue weighted by Gasteiger charge is -2.32. The molecule has 0 saturated carbocycles. The molecule has 1 aromatic rings. The fourth-order valence-electron chi connectivity index (χ4n) is 1.93. The van der Waals surface area contributed by atoms with Crippen LogP contribution in [0.2, 0.25) is 0 Å². The Hall–Kier alpha value is -0.720. The minimum absolute atomic E-state index is 0.255. The molecule has 2 heterocycles. The Morgan fingerprint density at radius 2 is 2.39 bits per heavy atom. The summed E-state index contributed by atoms with van der Waals surface area (Å²) in [6.45, 7) is 11.2. The van der Waals surface area contributed by atoms with E-state index in [0.29, 0.717) is 5.92 Å². The van der Waals surface area contributed by atoms with Gasteiger partial charge in [0.1, 0.15) is 5.82 Å². The van der Waals surface area contributed by atoms with Crippen LogP contribution in [0.4, 0.5) is 5.13 Å². The number of aromatic nitrogens is 2. The number of rotatable bonds is 5. The van der Waals surface area contributed by atoms with Gasteiger partial charge in [-0.15, -0.1) is 0 Å². The molecule has 102 valence electrons. The van der Waals surface area contributed by atoms with Gasteiger partial charge in [0.15, 0.2) is 0 Å². The molecule has 1 aromatic heterocycles. The summed E-state index contributed by atoms with van der Waals surface area (Å²) in [6.07, 6.45) is 0.255. The molecule has 5 nitrogen and oxygen atoms in total. The fraction of sp³-hybridized carbons (Fsp3) is 0.833. The van der Waals surface area contributed by atoms with E-state index in [1.54, 1.807) is 0 Å². The highest BCUT2D eigenvalue weighted by molar-refractivity contribution is 7.09. The summed E-state index contributed by atoms with van der Waals surface area (Å²) < 4.78 is 10.1. The van der Waals surface area contributed by atoms with Crippen LogP contribution in [0.1, 0.15) is 32.5 Å². The van der Waals surface area contributed by atoms with E-state index in [9.17, 15) is 0 Å². The molecule has 1 saturated heterocycles. The highest BCUT2D eigenvalue weighted by atomic mass is 32.1. The van der Waals surface area contributed by atoms with Gasteiger partial charge in [-0.3, -0.25) is 4.90 Å². The number of morpholine rings is 1. The predicted molar refractivity (Wildman–Crippen MR) is 74.3 cm³/mol. The number of anilines is 1. The van der Waals surface area contributed by atoms with Crippen molar-refractivity contribution in [2.75, 3.05) is 38.1 Å². The van der Waals surface area contributed by atoms with Crippen molar-refractivity contribution in [1.82, 2.24) is 14.3 Å². The first-order chi connectivity index (χ1) is 8.69. The Kier molecular flexibility index (Phi) is 4.91. The molecule has 0 bridgehead atoms. The molecule has 1 fully saturated rings. The topological polar surface area (TPSA) is 50.3 Å². The van der Waals surface area contributed by atoms with E-state index in [0.717, 1.165) is 43.7 Å². The van der Waals surface area contributed by atoms with Crippen LogP contribution in [-0.2, 0) is 4.74 Å². The molecule has 0 amide bonds. The van der Waals surface area contributed by atoms with Crippen molar-refractivity contribution >= 4 is 16.7 Å². The fourth-order valence-corrected chi connectivity index (χ4v) is 2.65. The van der Waals surface area contributed by atoms with E-state index >= 15 is 0 Å². The van der Waals surface area contributed by atoms with Crippen LogP contribution in [0.3, 0.4) is 0 Å². The zero-order valence-electron chi connectivity index (χ0n) is 11.3. The van der Waals surface area contributed by atoms with E-state index in [1.807, 2.05) is 0 Å². The molecule has 18 heavy (non-hydrogen) atoms. The van der Waals surface area contributed by atoms with Gasteiger partial charge in [0.05, 0.1) is 12.7 Å². The molecule has 6 heteroatoms. The smallest absolute Gasteiger partial charge is 0.202 e. The summed E-state index contributed by atoms with van der Waals surface area (Å²) in [6, 6.07) is 0. The van der Waals surface area contributed by atoms with Gasteiger partial charge in [0.25, 0.3) is 0 Å². The second-order valence-electron chi connectivity index (χ2n) is 4.88. The predicted octanol–water partition coefficient (Wildman–Crippen LogP) is 1.79. The molecule has 0 spiro atoms. The lowest BCUT2D eigenvalue weighted by Crippen LogP contribution is -2.45. The maximum atomic E-state index is 5.74. The first-order valence-corrected chi connectivity index (χ1v) is 7.37. The van der Waals surface area contributed by atoms with Crippen molar-refractivity contribution < 1.29 is 4.74 Å². The minimum atomic E-state index is 0.255. The van der Waals surface area contributed by atoms with Crippen LogP contribution in [0.5, 0.6) is 0 Å². The molecule has 1 atom stereocenters. The molecule has 0 aliphatic carbocycles. The van der Waals surface area contributed by atoms with Gasteiger partial charge in [0.2, 0.25) is 5.13 Å². The zero-order valence-corrected chi connectivity index (χ0v) is 12.2. The largest absolute Gasteiger partial charge is 0.374 e. The Morgan fingerprint density at radius 1 is 1.56 bits per heavy atom. The number of hydrogen-bond donors (Lipinski definition) is 1. The SMILES string of the molecule is CCN1CCOC(CNc2nc(C(C)C)ns2)C1. The van der Waals surface area contributed by atoms with Crippen LogP contribution < -0.4 is 5.32 Å². The van der Waals surface area contributed by atoms with Gasteiger partial charge in [-0.2, -0.15) is 4.37 Å². The second kappa shape index (κ2) is 6.45. The van der Waals surface area contributed by atoms with E-state index < -0.39 is 0 Å². The summed E-state index contributed by atoms with van der Waals surface area (Å²) in [7, 11) is 0. The summed E-state index contributed by atoms with van der Waals surface area (Å²) in [5, 5.41) is 4.23. The summed E-state index contributed by atoms with van der Waals surface area (Å²) in [4.78, 5) is 6.87. The molecule has 1 aliphatic rings. The Morgan fingerprint density at radius 3 is 3.06 bits per heavy atom. The standard InChI is InChI=1S/C12H22N4OS/c1-4-16-5-6-17-10(8-16)7-13-12-14-11(9(2)3)15-18-12/h9-10H,4-8H2,1-3H3,(H,13,14,15). The quantitative estimate of drug-likeness (QED) is 0.884. The summed E-state index contributed by atoms with van der Waals surface area (Å²) in [5.74, 6) is 1.31. The number of nitrogens with one attached hydrogen (secondary N) is 1. The number of likely N-dealkylation sites (N-methyl/N-ethyl adjacent to an activating group) is 1. The van der Waals surface area contributed by atoms with Crippen LogP contribution in [0.25, 0.3) is 0 Å². The molecule has 1 N–H and O–H groups in total. The van der Waals surface area contributed by atoms with E-state index in [2.05, 4.69) is 40.3 Å². The Bertz CT molecular complexity index is 369. The zero-order chi connectivity index (χ0) is 13.0. The summed E-state index contributed by atoms with van der Waals surface area (Å²) >= 11 is 1.43. The van der Waals surface area contributed by atoms with Crippen molar-refractivity contribution in [2.24, 2.45) is 0 Å². The molecule has 0 radical (unpaired) electrons. The number of nitrogens with zero attached hydrogens (tertiary/aromatic N) is 3. The molecule has 0 aromatic carbocycles. The van der Waals surface area contributed by atoms with Crippen molar-refractivity contribution in [3.63, 3.8) is 0 Å². The number of ether oxygens (including phenoxy) is 1. The molecule has 1 aliphatic heterocycles. The van der Waals surface area contributed by atoms with Crippen LogP contribution >= 0.6 is 11.5 Å². The average Bonchev–Trinajstić information content (AvgIpc) is 2.85. The highest BCUT2D eigenvalue weighted by Crippen LogP contribution is 2.17. The maximum absolute atomic E-state index is 5.74. The molecule has 2 rings (SSSR count). The second-order valence-corrected chi connectivity index (χ2v) is 5.63. The minimum Gasteiger partial charge on any atom is -0.374 e. The Balaban J connectivity index is 1.79. The molecular formula is C12H22N4OS. The molecular weight excluding hydrogens is 248 g/mol. The average molecular weight is 270 g/mol. The van der Waals surface area contributed by atoms with E-state index in [-0.39, 0.29) is 6.10 Å². The van der Waals surface area contributed by atoms with Gasteiger partial charge in [0, 0.05) is 37.1 Å². The van der Waals surface area contributed by atoms with Crippen molar-refractivity contribution in [1.29, 1.82) is 0 Å². The lowest BCUT2D eigenvalue weighted by molar-refractivity contribution is -0.0191. The third-order valence-electron chi connectivity index (χ3n) is 3.11. The van der Waals surface area contributed by atoms with Gasteiger partial charge in [-0.1, -0.05) is 20.8 Å². The van der Waals surface area contributed by atoms with Crippen LogP contribution in [-0.4, -0.2) is 53.1 Å². The van der Waals surface area contributed by atoms with Crippen LogP contribution in [0.15, 0.2) is 0 Å². The highest BCUT2D eigenvalue weighted by Gasteiger charge is 2.19. The van der Waals surface area contributed by atoms with Gasteiger partial charge < -0.3 is 10.1 Å². The third-order valence-corrected chi connectivity index (χ3v) is 3.80.